The summed E-state index contributed by atoms with van der Waals surface area (Å²) >= 11 is 0. The van der Waals surface area contributed by atoms with Crippen molar-refractivity contribution >= 4 is 17.5 Å². The first-order valence-electron chi connectivity index (χ1n) is 6.30. The summed E-state index contributed by atoms with van der Waals surface area (Å²) < 4.78 is 0. The van der Waals surface area contributed by atoms with E-state index in [1.54, 1.807) is 12.3 Å². The number of nitrogens with zero attached hydrogens (tertiary/aromatic N) is 1. The third-order valence-electron chi connectivity index (χ3n) is 2.29. The van der Waals surface area contributed by atoms with Crippen molar-refractivity contribution < 1.29 is 9.59 Å². The molecule has 0 spiro atoms. The molecule has 0 radical (unpaired) electrons. The fourth-order valence-electron chi connectivity index (χ4n) is 1.55. The third kappa shape index (κ3) is 4.95. The van der Waals surface area contributed by atoms with Gasteiger partial charge in [0.15, 0.2) is 0 Å². The SMILES string of the molecule is CCNc1ccncc1C(=O)NCC(=O)NC(C)C. The zero-order chi connectivity index (χ0) is 14.3. The lowest BCUT2D eigenvalue weighted by atomic mass is 10.2. The van der Waals surface area contributed by atoms with Crippen LogP contribution in [-0.4, -0.2) is 35.9 Å². The highest BCUT2D eigenvalue weighted by molar-refractivity contribution is 6.00. The Labute approximate surface area is 113 Å². The van der Waals surface area contributed by atoms with Crippen LogP contribution >= 0.6 is 0 Å². The molecule has 0 fully saturated rings. The van der Waals surface area contributed by atoms with Gasteiger partial charge in [-0.05, 0) is 26.8 Å². The fraction of sp³-hybridized carbons (Fsp3) is 0.462. The lowest BCUT2D eigenvalue weighted by Gasteiger charge is -2.11. The Morgan fingerprint density at radius 3 is 2.74 bits per heavy atom. The molecule has 0 unspecified atom stereocenters. The maximum Gasteiger partial charge on any atom is 0.255 e. The van der Waals surface area contributed by atoms with Crippen LogP contribution in [0.25, 0.3) is 0 Å². The molecule has 1 heterocycles. The van der Waals surface area contributed by atoms with Gasteiger partial charge >= 0.3 is 0 Å². The van der Waals surface area contributed by atoms with Crippen LogP contribution in [0.4, 0.5) is 5.69 Å². The lowest BCUT2D eigenvalue weighted by molar-refractivity contribution is -0.120. The van der Waals surface area contributed by atoms with E-state index in [2.05, 4.69) is 20.9 Å². The molecule has 1 rings (SSSR count). The zero-order valence-electron chi connectivity index (χ0n) is 11.5. The van der Waals surface area contributed by atoms with Gasteiger partial charge in [-0.15, -0.1) is 0 Å². The zero-order valence-corrected chi connectivity index (χ0v) is 11.5. The Hall–Kier alpha value is -2.11. The van der Waals surface area contributed by atoms with Crippen molar-refractivity contribution in [2.24, 2.45) is 0 Å². The van der Waals surface area contributed by atoms with E-state index in [0.717, 1.165) is 0 Å². The number of hydrogen-bond donors (Lipinski definition) is 3. The predicted molar refractivity (Wildman–Crippen MR) is 74.0 cm³/mol. The van der Waals surface area contributed by atoms with E-state index >= 15 is 0 Å². The molecule has 19 heavy (non-hydrogen) atoms. The first kappa shape index (κ1) is 14.9. The van der Waals surface area contributed by atoms with Crippen molar-refractivity contribution in [2.45, 2.75) is 26.8 Å². The van der Waals surface area contributed by atoms with Gasteiger partial charge in [-0.1, -0.05) is 0 Å². The maximum absolute atomic E-state index is 12.0. The lowest BCUT2D eigenvalue weighted by Crippen LogP contribution is -2.40. The predicted octanol–water partition coefficient (Wildman–Crippen LogP) is 0.768. The highest BCUT2D eigenvalue weighted by Gasteiger charge is 2.12. The monoisotopic (exact) mass is 264 g/mol. The molecule has 3 N–H and O–H groups in total. The van der Waals surface area contributed by atoms with Crippen LogP contribution in [0.1, 0.15) is 31.1 Å². The highest BCUT2D eigenvalue weighted by Crippen LogP contribution is 2.12. The van der Waals surface area contributed by atoms with Gasteiger partial charge in [-0.2, -0.15) is 0 Å². The third-order valence-corrected chi connectivity index (χ3v) is 2.29. The first-order chi connectivity index (χ1) is 9.04. The molecule has 1 aromatic heterocycles. The molecule has 1 aromatic rings. The molecule has 0 aliphatic carbocycles. The topological polar surface area (TPSA) is 83.1 Å². The van der Waals surface area contributed by atoms with Crippen molar-refractivity contribution in [1.82, 2.24) is 15.6 Å². The van der Waals surface area contributed by atoms with Gasteiger partial charge in [0.1, 0.15) is 0 Å². The molecule has 0 aliphatic heterocycles. The second kappa shape index (κ2) is 7.35. The van der Waals surface area contributed by atoms with Crippen LogP contribution in [0, 0.1) is 0 Å². The van der Waals surface area contributed by atoms with E-state index in [0.29, 0.717) is 17.8 Å². The second-order valence-corrected chi connectivity index (χ2v) is 4.36. The second-order valence-electron chi connectivity index (χ2n) is 4.36. The summed E-state index contributed by atoms with van der Waals surface area (Å²) in [7, 11) is 0. The number of aromatic nitrogens is 1. The maximum atomic E-state index is 12.0. The number of anilines is 1. The van der Waals surface area contributed by atoms with Gasteiger partial charge in [0.25, 0.3) is 5.91 Å². The average Bonchev–Trinajstić information content (AvgIpc) is 2.36. The molecule has 104 valence electrons. The van der Waals surface area contributed by atoms with Crippen LogP contribution in [0.5, 0.6) is 0 Å². The van der Waals surface area contributed by atoms with Crippen LogP contribution in [0.3, 0.4) is 0 Å². The minimum atomic E-state index is -0.317. The summed E-state index contributed by atoms with van der Waals surface area (Å²) in [4.78, 5) is 27.3. The fourth-order valence-corrected chi connectivity index (χ4v) is 1.55. The van der Waals surface area contributed by atoms with Gasteiger partial charge in [0.05, 0.1) is 17.8 Å². The van der Waals surface area contributed by atoms with Gasteiger partial charge < -0.3 is 16.0 Å². The van der Waals surface area contributed by atoms with E-state index < -0.39 is 0 Å². The summed E-state index contributed by atoms with van der Waals surface area (Å²) in [5, 5.41) is 8.35. The van der Waals surface area contributed by atoms with Crippen molar-refractivity contribution in [1.29, 1.82) is 0 Å². The molecule has 2 amide bonds. The van der Waals surface area contributed by atoms with Crippen LogP contribution in [0.15, 0.2) is 18.5 Å². The van der Waals surface area contributed by atoms with Gasteiger partial charge in [-0.3, -0.25) is 14.6 Å². The number of amides is 2. The van der Waals surface area contributed by atoms with Crippen molar-refractivity contribution in [2.75, 3.05) is 18.4 Å². The summed E-state index contributed by atoms with van der Waals surface area (Å²) in [6.45, 7) is 6.34. The molecule has 0 aromatic carbocycles. The molecule has 0 bridgehead atoms. The number of hydrogen-bond acceptors (Lipinski definition) is 4. The van der Waals surface area contributed by atoms with Crippen LogP contribution in [-0.2, 0) is 4.79 Å². The van der Waals surface area contributed by atoms with Crippen molar-refractivity contribution in [3.8, 4) is 0 Å². The van der Waals surface area contributed by atoms with Gasteiger partial charge in [-0.25, -0.2) is 0 Å². The summed E-state index contributed by atoms with van der Waals surface area (Å²) in [5.41, 5.74) is 1.14. The number of rotatable bonds is 6. The minimum Gasteiger partial charge on any atom is -0.385 e. The smallest absolute Gasteiger partial charge is 0.255 e. The van der Waals surface area contributed by atoms with E-state index in [1.165, 1.54) is 6.20 Å². The van der Waals surface area contributed by atoms with Gasteiger partial charge in [0, 0.05) is 25.0 Å². The molecule has 0 saturated carbocycles. The number of carbonyl (C=O) groups excluding carboxylic acids is 2. The Kier molecular flexibility index (Phi) is 5.78. The highest BCUT2D eigenvalue weighted by atomic mass is 16.2. The Morgan fingerprint density at radius 2 is 2.11 bits per heavy atom. The Balaban J connectivity index is 2.61. The largest absolute Gasteiger partial charge is 0.385 e. The van der Waals surface area contributed by atoms with Crippen LogP contribution < -0.4 is 16.0 Å². The van der Waals surface area contributed by atoms with Crippen LogP contribution in [0.2, 0.25) is 0 Å². The number of pyridine rings is 1. The molecule has 0 atom stereocenters. The molecular weight excluding hydrogens is 244 g/mol. The van der Waals surface area contributed by atoms with E-state index in [1.807, 2.05) is 20.8 Å². The Morgan fingerprint density at radius 1 is 1.37 bits per heavy atom. The molecular formula is C13H20N4O2. The molecule has 0 saturated heterocycles. The summed E-state index contributed by atoms with van der Waals surface area (Å²) in [6.07, 6.45) is 3.09. The molecule has 0 aliphatic rings. The quantitative estimate of drug-likeness (QED) is 0.708. The summed E-state index contributed by atoms with van der Waals surface area (Å²) in [6, 6.07) is 1.78. The number of carbonyl (C=O) groups is 2. The number of nitrogens with one attached hydrogen (secondary N) is 3. The van der Waals surface area contributed by atoms with E-state index in [4.69, 9.17) is 0 Å². The molecule has 6 heteroatoms. The minimum absolute atomic E-state index is 0.0442. The van der Waals surface area contributed by atoms with E-state index in [-0.39, 0.29) is 24.4 Å². The van der Waals surface area contributed by atoms with E-state index in [9.17, 15) is 9.59 Å². The van der Waals surface area contributed by atoms with Gasteiger partial charge in [0.2, 0.25) is 5.91 Å². The normalized spacial score (nSPS) is 10.1. The van der Waals surface area contributed by atoms with Crippen molar-refractivity contribution in [3.05, 3.63) is 24.0 Å². The average molecular weight is 264 g/mol. The van der Waals surface area contributed by atoms with Crippen molar-refractivity contribution in [3.63, 3.8) is 0 Å². The standard InChI is InChI=1S/C13H20N4O2/c1-4-15-11-5-6-14-7-10(11)13(19)16-8-12(18)17-9(2)3/h5-7,9H,4,8H2,1-3H3,(H,14,15)(H,16,19)(H,17,18). The first-order valence-corrected chi connectivity index (χ1v) is 6.30. The summed E-state index contributed by atoms with van der Waals surface area (Å²) in [5.74, 6) is -0.528. The molecule has 6 nitrogen and oxygen atoms in total. The Bertz CT molecular complexity index is 446.